The van der Waals surface area contributed by atoms with Crippen molar-refractivity contribution in [1.29, 1.82) is 0 Å². The minimum Gasteiger partial charge on any atom is -0.464 e. The second-order valence-corrected chi connectivity index (χ2v) is 25.5. The van der Waals surface area contributed by atoms with Crippen molar-refractivity contribution in [2.24, 2.45) is 0 Å². The van der Waals surface area contributed by atoms with Crippen molar-refractivity contribution >= 4 is 38.1 Å². The normalized spacial score (nSPS) is 16.9. The first-order valence-electron chi connectivity index (χ1n) is 19.7. The van der Waals surface area contributed by atoms with Crippen LogP contribution in [0, 0.1) is 0 Å². The number of hydrogen-bond donors (Lipinski definition) is 0. The predicted molar refractivity (Wildman–Crippen MR) is 230 cm³/mol. The molecule has 6 aromatic rings. The molecule has 0 fully saturated rings. The standard InChI is InChI=1S/C50H52O2Si2/c1-9-53(10-2)54(47-39-19-13-11-17-37(39)45(41-21-15-31-51-41)43(47)33-23-27-35(28-24-33)49(3,4)5)48-40-20-14-12-18-38(40)46(42-22-16-32-52-42)44(48)34-25-29-36(30-26-34)50(6,7)8/h11-32,47-48H,9-10H2,1-8H3. The van der Waals surface area contributed by atoms with E-state index >= 15 is 0 Å². The Morgan fingerprint density at radius 2 is 0.870 bits per heavy atom. The van der Waals surface area contributed by atoms with E-state index in [1.807, 2.05) is 24.7 Å². The van der Waals surface area contributed by atoms with Gasteiger partial charge in [-0.2, -0.15) is 0 Å². The summed E-state index contributed by atoms with van der Waals surface area (Å²) >= 11 is 0. The fourth-order valence-electron chi connectivity index (χ4n) is 9.02. The largest absolute Gasteiger partial charge is 0.464 e. The zero-order valence-corrected chi connectivity index (χ0v) is 35.1. The van der Waals surface area contributed by atoms with Gasteiger partial charge in [-0.15, -0.1) is 0 Å². The average molecular weight is 741 g/mol. The summed E-state index contributed by atoms with van der Waals surface area (Å²) in [5.41, 5.74) is 17.0. The quantitative estimate of drug-likeness (QED) is 0.145. The SMILES string of the molecule is CC[Si](CC)=[Si](C1C(c2ccc(C(C)(C)C)cc2)=C(c2ccco2)c2ccccc21)C1C(c2ccc(C(C)(C)C)cc2)=C(c2ccco2)c2ccccc21. The van der Waals surface area contributed by atoms with Gasteiger partial charge in [0.15, 0.2) is 0 Å². The van der Waals surface area contributed by atoms with Gasteiger partial charge in [0.2, 0.25) is 0 Å². The highest BCUT2D eigenvalue weighted by Crippen LogP contribution is 2.57. The van der Waals surface area contributed by atoms with E-state index in [1.54, 1.807) is 0 Å². The van der Waals surface area contributed by atoms with Crippen LogP contribution in [0.25, 0.3) is 22.3 Å². The van der Waals surface area contributed by atoms with Gasteiger partial charge in [0.05, 0.1) is 12.5 Å². The summed E-state index contributed by atoms with van der Waals surface area (Å²) in [6.07, 6.45) is 3.67. The predicted octanol–water partition coefficient (Wildman–Crippen LogP) is 13.5. The summed E-state index contributed by atoms with van der Waals surface area (Å²) in [5.74, 6) is 1.92. The van der Waals surface area contributed by atoms with Crippen LogP contribution in [0.4, 0.5) is 0 Å². The third kappa shape index (κ3) is 6.27. The second-order valence-electron chi connectivity index (χ2n) is 17.0. The lowest BCUT2D eigenvalue weighted by Gasteiger charge is -2.31. The molecule has 4 aromatic carbocycles. The Hall–Kier alpha value is -4.65. The summed E-state index contributed by atoms with van der Waals surface area (Å²) in [6.45, 7) is 18.8. The number of furan rings is 2. The molecule has 2 aliphatic rings. The van der Waals surface area contributed by atoms with Gasteiger partial charge in [0.25, 0.3) is 0 Å². The van der Waals surface area contributed by atoms with Crippen molar-refractivity contribution in [1.82, 2.24) is 0 Å². The van der Waals surface area contributed by atoms with E-state index in [-0.39, 0.29) is 21.9 Å². The van der Waals surface area contributed by atoms with E-state index < -0.39 is 15.8 Å². The average Bonchev–Trinajstić information content (AvgIpc) is 3.99. The van der Waals surface area contributed by atoms with Crippen LogP contribution < -0.4 is 0 Å². The molecule has 2 aliphatic carbocycles. The van der Waals surface area contributed by atoms with E-state index in [0.29, 0.717) is 0 Å². The number of rotatable bonds is 8. The van der Waals surface area contributed by atoms with Gasteiger partial charge in [0.1, 0.15) is 11.5 Å². The molecule has 8 rings (SSSR count). The van der Waals surface area contributed by atoms with Crippen LogP contribution in [0.15, 0.2) is 143 Å². The van der Waals surface area contributed by atoms with E-state index in [0.717, 1.165) is 11.5 Å². The first-order valence-corrected chi connectivity index (χ1v) is 24.3. The van der Waals surface area contributed by atoms with Gasteiger partial charge in [-0.25, -0.2) is 0 Å². The Bertz CT molecular complexity index is 2220. The molecular weight excluding hydrogens is 689 g/mol. The third-order valence-electron chi connectivity index (χ3n) is 11.7. The lowest BCUT2D eigenvalue weighted by atomic mass is 9.85. The van der Waals surface area contributed by atoms with Gasteiger partial charge in [-0.1, -0.05) is 165 Å². The van der Waals surface area contributed by atoms with Gasteiger partial charge >= 0.3 is 0 Å². The first-order chi connectivity index (χ1) is 26.0. The van der Waals surface area contributed by atoms with Crippen molar-refractivity contribution < 1.29 is 8.83 Å². The Balaban J connectivity index is 1.46. The number of hydrogen-bond acceptors (Lipinski definition) is 2. The molecule has 2 aromatic heterocycles. The Kier molecular flexibility index (Phi) is 9.56. The van der Waals surface area contributed by atoms with E-state index in [1.165, 1.54) is 78.9 Å². The fourth-order valence-corrected chi connectivity index (χ4v) is 20.6. The van der Waals surface area contributed by atoms with Gasteiger partial charge in [0, 0.05) is 30.1 Å². The molecule has 0 bridgehead atoms. The Morgan fingerprint density at radius 3 is 1.20 bits per heavy atom. The highest BCUT2D eigenvalue weighted by Gasteiger charge is 2.44. The van der Waals surface area contributed by atoms with Crippen LogP contribution in [-0.2, 0) is 10.8 Å². The molecule has 0 aliphatic heterocycles. The maximum Gasteiger partial charge on any atom is 0.134 e. The van der Waals surface area contributed by atoms with Crippen LogP contribution >= 0.6 is 0 Å². The van der Waals surface area contributed by atoms with Gasteiger partial charge in [-0.3, -0.25) is 0 Å². The molecular formula is C50H52O2Si2. The van der Waals surface area contributed by atoms with Crippen molar-refractivity contribution in [3.8, 4) is 0 Å². The van der Waals surface area contributed by atoms with E-state index in [9.17, 15) is 0 Å². The molecule has 0 saturated heterocycles. The third-order valence-corrected chi connectivity index (χ3v) is 23.0. The van der Waals surface area contributed by atoms with Crippen LogP contribution in [-0.4, -0.2) is 15.8 Å². The molecule has 0 amide bonds. The van der Waals surface area contributed by atoms with Gasteiger partial charge < -0.3 is 8.83 Å². The molecule has 2 atom stereocenters. The maximum atomic E-state index is 6.36. The zero-order chi connectivity index (χ0) is 37.8. The zero-order valence-electron chi connectivity index (χ0n) is 33.1. The molecule has 54 heavy (non-hydrogen) atoms. The highest BCUT2D eigenvalue weighted by molar-refractivity contribution is 6.99. The lowest BCUT2D eigenvalue weighted by molar-refractivity contribution is 0.554. The fraction of sp³-hybridized carbons (Fsp3) is 0.280. The molecule has 2 heterocycles. The van der Waals surface area contributed by atoms with Crippen molar-refractivity contribution in [3.05, 3.63) is 190 Å². The van der Waals surface area contributed by atoms with E-state index in [4.69, 9.17) is 8.83 Å². The Morgan fingerprint density at radius 1 is 0.481 bits per heavy atom. The van der Waals surface area contributed by atoms with Crippen molar-refractivity contribution in [3.63, 3.8) is 0 Å². The minimum absolute atomic E-state index is 0.0718. The smallest absolute Gasteiger partial charge is 0.134 e. The molecule has 2 unspecified atom stereocenters. The van der Waals surface area contributed by atoms with E-state index in [2.05, 4.69) is 165 Å². The summed E-state index contributed by atoms with van der Waals surface area (Å²) < 4.78 is 12.7. The molecule has 2 nitrogen and oxygen atoms in total. The van der Waals surface area contributed by atoms with Crippen LogP contribution in [0.5, 0.6) is 0 Å². The highest BCUT2D eigenvalue weighted by atomic mass is 28.9. The van der Waals surface area contributed by atoms with Crippen LogP contribution in [0.3, 0.4) is 0 Å². The number of benzene rings is 4. The second kappa shape index (κ2) is 14.2. The monoisotopic (exact) mass is 740 g/mol. The minimum atomic E-state index is -1.27. The van der Waals surface area contributed by atoms with Crippen molar-refractivity contribution in [2.75, 3.05) is 0 Å². The molecule has 0 spiro atoms. The van der Waals surface area contributed by atoms with Crippen LogP contribution in [0.1, 0.15) is 123 Å². The molecule has 0 N–H and O–H groups in total. The Labute approximate surface area is 324 Å². The van der Waals surface area contributed by atoms with Gasteiger partial charge in [-0.05, 0) is 98.6 Å². The molecule has 0 saturated carbocycles. The lowest BCUT2D eigenvalue weighted by Crippen LogP contribution is -2.32. The summed E-state index contributed by atoms with van der Waals surface area (Å²) in [5, 5.41) is 0. The summed E-state index contributed by atoms with van der Waals surface area (Å²) in [6, 6.07) is 48.5. The van der Waals surface area contributed by atoms with Crippen LogP contribution in [0.2, 0.25) is 12.1 Å². The van der Waals surface area contributed by atoms with Crippen molar-refractivity contribution in [2.45, 2.75) is 89.4 Å². The molecule has 272 valence electrons. The summed E-state index contributed by atoms with van der Waals surface area (Å²) in [4.78, 5) is 0. The molecule has 0 radical (unpaired) electrons. The first kappa shape index (κ1) is 36.3. The topological polar surface area (TPSA) is 26.3 Å². The summed E-state index contributed by atoms with van der Waals surface area (Å²) in [7, 11) is -2.14. The number of fused-ring (bicyclic) bond motifs is 2. The number of allylic oxidation sites excluding steroid dienone is 2. The molecule has 4 heteroatoms. The maximum absolute atomic E-state index is 6.36.